The van der Waals surface area contributed by atoms with Gasteiger partial charge in [0, 0.05) is 30.9 Å². The summed E-state index contributed by atoms with van der Waals surface area (Å²) in [7, 11) is 0. The quantitative estimate of drug-likeness (QED) is 0.865. The van der Waals surface area contributed by atoms with Crippen LogP contribution in [0.4, 0.5) is 10.1 Å². The van der Waals surface area contributed by atoms with Crippen molar-refractivity contribution >= 4 is 5.69 Å². The monoisotopic (exact) mass is 248 g/mol. The molecule has 2 aliphatic rings. The van der Waals surface area contributed by atoms with Crippen molar-refractivity contribution in [2.24, 2.45) is 5.92 Å². The van der Waals surface area contributed by atoms with Crippen molar-refractivity contribution in [2.45, 2.75) is 38.8 Å². The van der Waals surface area contributed by atoms with E-state index in [1.807, 2.05) is 19.1 Å². The standard InChI is InChI=1S/C15H21FN2/c1-10-3-6-13(7-14(10)16)18-9-15(12-4-5-12)17-8-11(18)2/h3,6-7,11-12,15,17H,4-5,8-9H2,1-2H3. The Balaban J connectivity index is 1.81. The van der Waals surface area contributed by atoms with Crippen LogP contribution >= 0.6 is 0 Å². The van der Waals surface area contributed by atoms with Crippen LogP contribution in [-0.2, 0) is 0 Å². The van der Waals surface area contributed by atoms with Gasteiger partial charge in [0.25, 0.3) is 0 Å². The summed E-state index contributed by atoms with van der Waals surface area (Å²) >= 11 is 0. The zero-order chi connectivity index (χ0) is 12.7. The molecular weight excluding hydrogens is 227 g/mol. The number of rotatable bonds is 2. The molecule has 3 heteroatoms. The molecule has 1 saturated carbocycles. The summed E-state index contributed by atoms with van der Waals surface area (Å²) in [5.41, 5.74) is 1.75. The molecule has 0 radical (unpaired) electrons. The molecule has 18 heavy (non-hydrogen) atoms. The van der Waals surface area contributed by atoms with E-state index in [-0.39, 0.29) is 5.82 Å². The molecular formula is C15H21FN2. The highest BCUT2D eigenvalue weighted by molar-refractivity contribution is 5.50. The average Bonchev–Trinajstić information content (AvgIpc) is 3.18. The van der Waals surface area contributed by atoms with Crippen molar-refractivity contribution in [2.75, 3.05) is 18.0 Å². The fraction of sp³-hybridized carbons (Fsp3) is 0.600. The maximum atomic E-state index is 13.7. The minimum atomic E-state index is -0.0961. The first kappa shape index (κ1) is 12.0. The molecule has 98 valence electrons. The first-order chi connectivity index (χ1) is 8.65. The van der Waals surface area contributed by atoms with Gasteiger partial charge in [-0.1, -0.05) is 6.07 Å². The molecule has 0 aromatic heterocycles. The zero-order valence-electron chi connectivity index (χ0n) is 11.1. The third-order valence-corrected chi connectivity index (χ3v) is 4.28. The van der Waals surface area contributed by atoms with Gasteiger partial charge in [-0.05, 0) is 50.3 Å². The molecule has 1 aliphatic carbocycles. The van der Waals surface area contributed by atoms with Crippen LogP contribution in [0.25, 0.3) is 0 Å². The molecule has 1 saturated heterocycles. The van der Waals surface area contributed by atoms with Crippen LogP contribution in [0, 0.1) is 18.7 Å². The van der Waals surface area contributed by atoms with Gasteiger partial charge in [-0.25, -0.2) is 4.39 Å². The number of benzene rings is 1. The number of piperazine rings is 1. The molecule has 1 N–H and O–H groups in total. The largest absolute Gasteiger partial charge is 0.366 e. The summed E-state index contributed by atoms with van der Waals surface area (Å²) in [5, 5.41) is 3.62. The maximum absolute atomic E-state index is 13.7. The molecule has 1 aliphatic heterocycles. The van der Waals surface area contributed by atoms with Crippen LogP contribution in [0.15, 0.2) is 18.2 Å². The van der Waals surface area contributed by atoms with Gasteiger partial charge in [-0.3, -0.25) is 0 Å². The van der Waals surface area contributed by atoms with E-state index < -0.39 is 0 Å². The molecule has 0 bridgehead atoms. The highest BCUT2D eigenvalue weighted by Crippen LogP contribution is 2.35. The Labute approximate surface area is 108 Å². The minimum Gasteiger partial charge on any atom is -0.366 e. The predicted octanol–water partition coefficient (Wildman–Crippen LogP) is 2.71. The van der Waals surface area contributed by atoms with Gasteiger partial charge in [0.15, 0.2) is 0 Å². The molecule has 1 aromatic rings. The molecule has 0 spiro atoms. The van der Waals surface area contributed by atoms with Crippen molar-refractivity contribution in [1.82, 2.24) is 5.32 Å². The third-order valence-electron chi connectivity index (χ3n) is 4.28. The lowest BCUT2D eigenvalue weighted by Crippen LogP contribution is -2.56. The van der Waals surface area contributed by atoms with Gasteiger partial charge in [0.05, 0.1) is 0 Å². The highest BCUT2D eigenvalue weighted by atomic mass is 19.1. The Hall–Kier alpha value is -1.09. The second-order valence-electron chi connectivity index (χ2n) is 5.79. The van der Waals surface area contributed by atoms with E-state index in [2.05, 4.69) is 17.1 Å². The SMILES string of the molecule is Cc1ccc(N2CC(C3CC3)NCC2C)cc1F. The van der Waals surface area contributed by atoms with Crippen LogP contribution in [0.3, 0.4) is 0 Å². The van der Waals surface area contributed by atoms with Crippen molar-refractivity contribution in [1.29, 1.82) is 0 Å². The number of nitrogens with zero attached hydrogens (tertiary/aromatic N) is 1. The van der Waals surface area contributed by atoms with Gasteiger partial charge in [0.2, 0.25) is 0 Å². The van der Waals surface area contributed by atoms with Crippen LogP contribution in [0.5, 0.6) is 0 Å². The van der Waals surface area contributed by atoms with Crippen molar-refractivity contribution < 1.29 is 4.39 Å². The van der Waals surface area contributed by atoms with Gasteiger partial charge in [-0.2, -0.15) is 0 Å². The van der Waals surface area contributed by atoms with Crippen LogP contribution < -0.4 is 10.2 Å². The van der Waals surface area contributed by atoms with Gasteiger partial charge in [-0.15, -0.1) is 0 Å². The summed E-state index contributed by atoms with van der Waals surface area (Å²) in [5.74, 6) is 0.747. The van der Waals surface area contributed by atoms with E-state index in [0.29, 0.717) is 12.1 Å². The molecule has 3 rings (SSSR count). The molecule has 0 amide bonds. The predicted molar refractivity (Wildman–Crippen MR) is 72.5 cm³/mol. The fourth-order valence-corrected chi connectivity index (χ4v) is 2.82. The lowest BCUT2D eigenvalue weighted by molar-refractivity contribution is 0.375. The molecule has 2 unspecified atom stereocenters. The Kier molecular flexibility index (Phi) is 3.02. The maximum Gasteiger partial charge on any atom is 0.128 e. The highest BCUT2D eigenvalue weighted by Gasteiger charge is 2.36. The van der Waals surface area contributed by atoms with Gasteiger partial charge >= 0.3 is 0 Å². The Morgan fingerprint density at radius 2 is 2.11 bits per heavy atom. The van der Waals surface area contributed by atoms with E-state index in [0.717, 1.165) is 30.3 Å². The number of hydrogen-bond donors (Lipinski definition) is 1. The lowest BCUT2D eigenvalue weighted by Gasteiger charge is -2.40. The van der Waals surface area contributed by atoms with E-state index in [4.69, 9.17) is 0 Å². The van der Waals surface area contributed by atoms with Gasteiger partial charge < -0.3 is 10.2 Å². The van der Waals surface area contributed by atoms with Crippen LogP contribution in [0.1, 0.15) is 25.3 Å². The van der Waals surface area contributed by atoms with Gasteiger partial charge in [0.1, 0.15) is 5.82 Å². The zero-order valence-corrected chi connectivity index (χ0v) is 11.1. The summed E-state index contributed by atoms with van der Waals surface area (Å²) in [6.07, 6.45) is 2.70. The third kappa shape index (κ3) is 2.24. The molecule has 1 aromatic carbocycles. The smallest absolute Gasteiger partial charge is 0.128 e. The molecule has 2 atom stereocenters. The summed E-state index contributed by atoms with van der Waals surface area (Å²) < 4.78 is 13.7. The number of halogens is 1. The number of anilines is 1. The summed E-state index contributed by atoms with van der Waals surface area (Å²) in [6, 6.07) is 6.63. The topological polar surface area (TPSA) is 15.3 Å². The summed E-state index contributed by atoms with van der Waals surface area (Å²) in [4.78, 5) is 2.35. The normalized spacial score (nSPS) is 28.5. The molecule has 2 nitrogen and oxygen atoms in total. The fourth-order valence-electron chi connectivity index (χ4n) is 2.82. The van der Waals surface area contributed by atoms with Crippen LogP contribution in [0.2, 0.25) is 0 Å². The number of aryl methyl sites for hydroxylation is 1. The first-order valence-electron chi connectivity index (χ1n) is 6.91. The lowest BCUT2D eigenvalue weighted by atomic mass is 10.0. The van der Waals surface area contributed by atoms with Crippen molar-refractivity contribution in [3.63, 3.8) is 0 Å². The van der Waals surface area contributed by atoms with Crippen LogP contribution in [-0.4, -0.2) is 25.2 Å². The van der Waals surface area contributed by atoms with E-state index in [1.54, 1.807) is 6.07 Å². The van der Waals surface area contributed by atoms with Crippen molar-refractivity contribution in [3.8, 4) is 0 Å². The summed E-state index contributed by atoms with van der Waals surface area (Å²) in [6.45, 7) is 6.02. The second kappa shape index (κ2) is 4.54. The number of nitrogens with one attached hydrogen (secondary N) is 1. The number of hydrogen-bond acceptors (Lipinski definition) is 2. The minimum absolute atomic E-state index is 0.0961. The Morgan fingerprint density at radius 1 is 1.33 bits per heavy atom. The Morgan fingerprint density at radius 3 is 2.78 bits per heavy atom. The average molecular weight is 248 g/mol. The molecule has 1 heterocycles. The molecule has 2 fully saturated rings. The second-order valence-corrected chi connectivity index (χ2v) is 5.79. The van der Waals surface area contributed by atoms with E-state index in [1.165, 1.54) is 12.8 Å². The van der Waals surface area contributed by atoms with Crippen molar-refractivity contribution in [3.05, 3.63) is 29.6 Å². The van der Waals surface area contributed by atoms with E-state index >= 15 is 0 Å². The first-order valence-corrected chi connectivity index (χ1v) is 6.91. The Bertz CT molecular complexity index is 442. The van der Waals surface area contributed by atoms with E-state index in [9.17, 15) is 4.39 Å².